The van der Waals surface area contributed by atoms with Crippen LogP contribution in [-0.2, 0) is 19.0 Å². The summed E-state index contributed by atoms with van der Waals surface area (Å²) < 4.78 is 15.5. The van der Waals surface area contributed by atoms with Crippen molar-refractivity contribution in [3.8, 4) is 0 Å². The van der Waals surface area contributed by atoms with E-state index in [1.54, 1.807) is 20.8 Å². The lowest BCUT2D eigenvalue weighted by Gasteiger charge is -2.23. The quantitative estimate of drug-likeness (QED) is 0.694. The zero-order chi connectivity index (χ0) is 11.5. The molecular weight excluding hydrogens is 198 g/mol. The number of carbonyl (C=O) groups excluding carboxylic acids is 1. The van der Waals surface area contributed by atoms with Crippen LogP contribution in [0.4, 0.5) is 0 Å². The van der Waals surface area contributed by atoms with Gasteiger partial charge < -0.3 is 19.9 Å². The molecule has 2 N–H and O–H groups in total. The first-order valence-electron chi connectivity index (χ1n) is 5.10. The Morgan fingerprint density at radius 1 is 1.47 bits per heavy atom. The van der Waals surface area contributed by atoms with Crippen LogP contribution in [-0.4, -0.2) is 37.1 Å². The molecule has 0 aromatic carbocycles. The lowest BCUT2D eigenvalue weighted by Crippen LogP contribution is -2.39. The van der Waals surface area contributed by atoms with Crippen LogP contribution in [0.3, 0.4) is 0 Å². The third-order valence-corrected chi connectivity index (χ3v) is 1.85. The molecule has 1 heterocycles. The van der Waals surface area contributed by atoms with Gasteiger partial charge in [-0.2, -0.15) is 0 Å². The van der Waals surface area contributed by atoms with Gasteiger partial charge in [0.1, 0.15) is 11.6 Å². The standard InChI is InChI=1S/C10H19NO4/c1-10(2,3)15-9(12)7(11)6-8-13-4-5-14-8/h7-8H,4-6,11H2,1-3H3/t7-/m0/s1. The highest BCUT2D eigenvalue weighted by atomic mass is 16.7. The Bertz CT molecular complexity index is 218. The van der Waals surface area contributed by atoms with Crippen molar-refractivity contribution in [2.45, 2.75) is 45.1 Å². The molecule has 0 aliphatic carbocycles. The lowest BCUT2D eigenvalue weighted by molar-refractivity contribution is -0.159. The van der Waals surface area contributed by atoms with Gasteiger partial charge in [0.25, 0.3) is 0 Å². The van der Waals surface area contributed by atoms with E-state index in [0.29, 0.717) is 19.6 Å². The topological polar surface area (TPSA) is 70.8 Å². The second kappa shape index (κ2) is 4.92. The van der Waals surface area contributed by atoms with Gasteiger partial charge in [0.15, 0.2) is 6.29 Å². The van der Waals surface area contributed by atoms with E-state index in [0.717, 1.165) is 0 Å². The lowest BCUT2D eigenvalue weighted by atomic mass is 10.1. The van der Waals surface area contributed by atoms with Gasteiger partial charge in [0.2, 0.25) is 0 Å². The van der Waals surface area contributed by atoms with Gasteiger partial charge >= 0.3 is 5.97 Å². The van der Waals surface area contributed by atoms with Crippen molar-refractivity contribution in [1.29, 1.82) is 0 Å². The summed E-state index contributed by atoms with van der Waals surface area (Å²) in [4.78, 5) is 11.5. The highest BCUT2D eigenvalue weighted by molar-refractivity contribution is 5.75. The molecule has 1 atom stereocenters. The summed E-state index contributed by atoms with van der Waals surface area (Å²) in [6.07, 6.45) is -0.0259. The number of hydrogen-bond acceptors (Lipinski definition) is 5. The smallest absolute Gasteiger partial charge is 0.323 e. The maximum absolute atomic E-state index is 11.5. The van der Waals surface area contributed by atoms with E-state index in [1.165, 1.54) is 0 Å². The Kier molecular flexibility index (Phi) is 4.07. The van der Waals surface area contributed by atoms with Crippen LogP contribution in [0.15, 0.2) is 0 Å². The third-order valence-electron chi connectivity index (χ3n) is 1.85. The monoisotopic (exact) mass is 217 g/mol. The van der Waals surface area contributed by atoms with Gasteiger partial charge in [-0.1, -0.05) is 0 Å². The Morgan fingerprint density at radius 3 is 2.47 bits per heavy atom. The highest BCUT2D eigenvalue weighted by Gasteiger charge is 2.27. The molecule has 0 spiro atoms. The normalized spacial score (nSPS) is 20.3. The van der Waals surface area contributed by atoms with Crippen molar-refractivity contribution in [2.75, 3.05) is 13.2 Å². The van der Waals surface area contributed by atoms with Gasteiger partial charge in [-0.3, -0.25) is 4.79 Å². The molecule has 1 aliphatic heterocycles. The Morgan fingerprint density at radius 2 is 2.00 bits per heavy atom. The Balaban J connectivity index is 2.32. The number of esters is 1. The van der Waals surface area contributed by atoms with Crippen LogP contribution in [0, 0.1) is 0 Å². The van der Waals surface area contributed by atoms with Crippen LogP contribution >= 0.6 is 0 Å². The van der Waals surface area contributed by atoms with Gasteiger partial charge in [0, 0.05) is 6.42 Å². The molecule has 88 valence electrons. The van der Waals surface area contributed by atoms with Gasteiger partial charge in [0.05, 0.1) is 13.2 Å². The summed E-state index contributed by atoms with van der Waals surface area (Å²) in [5, 5.41) is 0. The molecule has 0 radical (unpaired) electrons. The average molecular weight is 217 g/mol. The predicted octanol–water partition coefficient (Wildman–Crippen LogP) is 0.418. The first kappa shape index (κ1) is 12.4. The molecular formula is C10H19NO4. The van der Waals surface area contributed by atoms with E-state index in [4.69, 9.17) is 19.9 Å². The average Bonchev–Trinajstić information content (AvgIpc) is 2.53. The molecule has 0 saturated carbocycles. The summed E-state index contributed by atoms with van der Waals surface area (Å²) in [5.41, 5.74) is 5.16. The maximum atomic E-state index is 11.5. The molecule has 1 rings (SSSR count). The second-order valence-electron chi connectivity index (χ2n) is 4.55. The first-order chi connectivity index (χ1) is 6.88. The second-order valence-corrected chi connectivity index (χ2v) is 4.55. The zero-order valence-electron chi connectivity index (χ0n) is 9.49. The van der Waals surface area contributed by atoms with E-state index < -0.39 is 17.6 Å². The number of nitrogens with two attached hydrogens (primary N) is 1. The van der Waals surface area contributed by atoms with Gasteiger partial charge in [-0.15, -0.1) is 0 Å². The molecule has 15 heavy (non-hydrogen) atoms. The van der Waals surface area contributed by atoms with E-state index in [2.05, 4.69) is 0 Å². The SMILES string of the molecule is CC(C)(C)OC(=O)[C@@H](N)CC1OCCO1. The van der Waals surface area contributed by atoms with Crippen LogP contribution in [0.5, 0.6) is 0 Å². The van der Waals surface area contributed by atoms with Crippen molar-refractivity contribution in [3.63, 3.8) is 0 Å². The fourth-order valence-corrected chi connectivity index (χ4v) is 1.22. The van der Waals surface area contributed by atoms with E-state index in [9.17, 15) is 4.79 Å². The largest absolute Gasteiger partial charge is 0.459 e. The van der Waals surface area contributed by atoms with Gasteiger partial charge in [-0.25, -0.2) is 0 Å². The zero-order valence-corrected chi connectivity index (χ0v) is 9.49. The number of rotatable bonds is 3. The molecule has 0 aromatic heterocycles. The third kappa shape index (κ3) is 4.59. The molecule has 1 saturated heterocycles. The minimum Gasteiger partial charge on any atom is -0.459 e. The van der Waals surface area contributed by atoms with Crippen molar-refractivity contribution in [1.82, 2.24) is 0 Å². The minimum absolute atomic E-state index is 0.342. The molecule has 0 amide bonds. The summed E-state index contributed by atoms with van der Waals surface area (Å²) in [6.45, 7) is 6.54. The van der Waals surface area contributed by atoms with Crippen LogP contribution in [0.25, 0.3) is 0 Å². The minimum atomic E-state index is -0.688. The molecule has 5 heteroatoms. The fraction of sp³-hybridized carbons (Fsp3) is 0.900. The molecule has 0 unspecified atom stereocenters. The molecule has 0 aromatic rings. The van der Waals surface area contributed by atoms with Crippen LogP contribution in [0.1, 0.15) is 27.2 Å². The summed E-state index contributed by atoms with van der Waals surface area (Å²) >= 11 is 0. The predicted molar refractivity (Wildman–Crippen MR) is 54.1 cm³/mol. The molecule has 1 fully saturated rings. The van der Waals surface area contributed by atoms with Crippen molar-refractivity contribution in [3.05, 3.63) is 0 Å². The number of hydrogen-bond donors (Lipinski definition) is 1. The first-order valence-corrected chi connectivity index (χ1v) is 5.10. The van der Waals surface area contributed by atoms with E-state index in [1.807, 2.05) is 0 Å². The Hall–Kier alpha value is -0.650. The Labute approximate surface area is 89.9 Å². The number of ether oxygens (including phenoxy) is 3. The molecule has 0 bridgehead atoms. The van der Waals surface area contributed by atoms with Crippen molar-refractivity contribution < 1.29 is 19.0 Å². The van der Waals surface area contributed by atoms with Crippen LogP contribution < -0.4 is 5.73 Å². The molecule has 5 nitrogen and oxygen atoms in total. The number of carbonyl (C=O) groups is 1. The van der Waals surface area contributed by atoms with Crippen LogP contribution in [0.2, 0.25) is 0 Å². The van der Waals surface area contributed by atoms with E-state index >= 15 is 0 Å². The fourth-order valence-electron chi connectivity index (χ4n) is 1.22. The van der Waals surface area contributed by atoms with E-state index in [-0.39, 0.29) is 6.29 Å². The summed E-state index contributed by atoms with van der Waals surface area (Å²) in [5.74, 6) is -0.415. The van der Waals surface area contributed by atoms with Crippen molar-refractivity contribution >= 4 is 5.97 Å². The highest BCUT2D eigenvalue weighted by Crippen LogP contribution is 2.13. The molecule has 1 aliphatic rings. The van der Waals surface area contributed by atoms with Crippen molar-refractivity contribution in [2.24, 2.45) is 5.73 Å². The summed E-state index contributed by atoms with van der Waals surface area (Å²) in [6, 6.07) is -0.688. The van der Waals surface area contributed by atoms with Gasteiger partial charge in [-0.05, 0) is 20.8 Å². The maximum Gasteiger partial charge on any atom is 0.323 e. The summed E-state index contributed by atoms with van der Waals surface area (Å²) in [7, 11) is 0.